The molecule has 1 N–H and O–H groups in total. The van der Waals surface area contributed by atoms with Gasteiger partial charge in [-0.15, -0.1) is 0 Å². The highest BCUT2D eigenvalue weighted by Gasteiger charge is 2.35. The van der Waals surface area contributed by atoms with Crippen molar-refractivity contribution in [3.8, 4) is 11.3 Å². The summed E-state index contributed by atoms with van der Waals surface area (Å²) in [5.74, 6) is -0.716. The summed E-state index contributed by atoms with van der Waals surface area (Å²) in [6, 6.07) is 14.8. The minimum atomic E-state index is -4.75. The van der Waals surface area contributed by atoms with Crippen LogP contribution in [0.4, 0.5) is 18.9 Å². The van der Waals surface area contributed by atoms with Crippen LogP contribution in [0, 0.1) is 24.0 Å². The molecule has 0 aliphatic carbocycles. The first-order valence-corrected chi connectivity index (χ1v) is 11.5. The number of rotatable bonds is 6. The maximum Gasteiger partial charge on any atom is 0.433 e. The van der Waals surface area contributed by atoms with Crippen molar-refractivity contribution in [2.45, 2.75) is 26.6 Å². The van der Waals surface area contributed by atoms with Gasteiger partial charge in [0.2, 0.25) is 0 Å². The van der Waals surface area contributed by atoms with Gasteiger partial charge in [-0.3, -0.25) is 19.6 Å². The van der Waals surface area contributed by atoms with Gasteiger partial charge in [0.15, 0.2) is 17.0 Å². The van der Waals surface area contributed by atoms with Crippen LogP contribution in [0.25, 0.3) is 27.7 Å². The van der Waals surface area contributed by atoms with Crippen molar-refractivity contribution in [2.24, 2.45) is 0 Å². The standard InChI is InChI=1S/C25H20F3N7O3/c1-14-23(35(37)38)15(2)33(31-14)10-9-29-24(36)20-13-22-30-19(12-21(25(26,27)28)34(22)32-20)18-8-7-16-5-3-4-6-17(16)11-18/h3-8,11-13H,9-10H2,1-2H3,(H,29,36). The third-order valence-electron chi connectivity index (χ3n) is 6.13. The molecule has 13 heteroatoms. The average Bonchev–Trinajstić information content (AvgIpc) is 3.42. The summed E-state index contributed by atoms with van der Waals surface area (Å²) in [5.41, 5.74) is -0.414. The van der Waals surface area contributed by atoms with E-state index in [0.29, 0.717) is 15.8 Å². The van der Waals surface area contributed by atoms with Gasteiger partial charge in [-0.1, -0.05) is 36.4 Å². The highest BCUT2D eigenvalue weighted by Crippen LogP contribution is 2.33. The maximum absolute atomic E-state index is 13.9. The molecule has 2 aromatic carbocycles. The van der Waals surface area contributed by atoms with Crippen LogP contribution in [-0.4, -0.2) is 41.8 Å². The van der Waals surface area contributed by atoms with Crippen LogP contribution in [0.15, 0.2) is 54.6 Å². The predicted octanol–water partition coefficient (Wildman–Crippen LogP) is 4.72. The second kappa shape index (κ2) is 9.25. The lowest BCUT2D eigenvalue weighted by atomic mass is 10.0. The SMILES string of the molecule is Cc1nn(CCNC(=O)c2cc3nc(-c4ccc5ccccc5c4)cc(C(F)(F)F)n3n2)c(C)c1[N+](=O)[O-]. The van der Waals surface area contributed by atoms with Crippen molar-refractivity contribution in [2.75, 3.05) is 6.54 Å². The van der Waals surface area contributed by atoms with Crippen LogP contribution in [0.2, 0.25) is 0 Å². The van der Waals surface area contributed by atoms with E-state index in [0.717, 1.165) is 16.8 Å². The summed E-state index contributed by atoms with van der Waals surface area (Å²) < 4.78 is 43.8. The zero-order valence-electron chi connectivity index (χ0n) is 20.2. The Balaban J connectivity index is 1.43. The van der Waals surface area contributed by atoms with E-state index in [2.05, 4.69) is 20.5 Å². The molecule has 3 aromatic heterocycles. The normalized spacial score (nSPS) is 11.8. The number of fused-ring (bicyclic) bond motifs is 2. The zero-order valence-corrected chi connectivity index (χ0v) is 20.2. The van der Waals surface area contributed by atoms with Gasteiger partial charge in [-0.2, -0.15) is 23.4 Å². The van der Waals surface area contributed by atoms with E-state index in [9.17, 15) is 28.1 Å². The molecule has 0 unspecified atom stereocenters. The average molecular weight is 523 g/mol. The number of nitro groups is 1. The van der Waals surface area contributed by atoms with Gasteiger partial charge in [0.05, 0.1) is 17.2 Å². The summed E-state index contributed by atoms with van der Waals surface area (Å²) >= 11 is 0. The van der Waals surface area contributed by atoms with Crippen LogP contribution in [-0.2, 0) is 12.7 Å². The molecule has 1 amide bonds. The molecule has 5 rings (SSSR count). The minimum absolute atomic E-state index is 0.0215. The lowest BCUT2D eigenvalue weighted by Crippen LogP contribution is -2.28. The third kappa shape index (κ3) is 4.53. The Bertz CT molecular complexity index is 1720. The summed E-state index contributed by atoms with van der Waals surface area (Å²) in [6.45, 7) is 3.19. The van der Waals surface area contributed by atoms with Gasteiger partial charge in [0, 0.05) is 18.2 Å². The van der Waals surface area contributed by atoms with Crippen molar-refractivity contribution in [3.05, 3.63) is 87.5 Å². The van der Waals surface area contributed by atoms with Crippen molar-refractivity contribution in [3.63, 3.8) is 0 Å². The Morgan fingerprint density at radius 1 is 1.05 bits per heavy atom. The van der Waals surface area contributed by atoms with Gasteiger partial charge >= 0.3 is 11.9 Å². The number of carbonyl (C=O) groups excluding carboxylic acids is 1. The Hall–Kier alpha value is -4.81. The molecule has 10 nitrogen and oxygen atoms in total. The molecule has 3 heterocycles. The minimum Gasteiger partial charge on any atom is -0.349 e. The molecule has 38 heavy (non-hydrogen) atoms. The fourth-order valence-electron chi connectivity index (χ4n) is 4.32. The fraction of sp³-hybridized carbons (Fsp3) is 0.200. The van der Waals surface area contributed by atoms with Gasteiger partial charge in [-0.25, -0.2) is 9.50 Å². The molecule has 0 saturated carbocycles. The van der Waals surface area contributed by atoms with E-state index in [1.54, 1.807) is 25.1 Å². The molecule has 194 valence electrons. The van der Waals surface area contributed by atoms with Gasteiger partial charge in [0.25, 0.3) is 5.91 Å². The Labute approximate surface area is 212 Å². The highest BCUT2D eigenvalue weighted by atomic mass is 19.4. The molecule has 0 aliphatic rings. The molecule has 0 radical (unpaired) electrons. The lowest BCUT2D eigenvalue weighted by Gasteiger charge is -2.11. The molecule has 0 saturated heterocycles. The number of amides is 1. The first kappa shape index (κ1) is 24.9. The second-order valence-electron chi connectivity index (χ2n) is 8.64. The monoisotopic (exact) mass is 523 g/mol. The number of hydrogen-bond donors (Lipinski definition) is 1. The molecular formula is C25H20F3N7O3. The molecule has 0 aliphatic heterocycles. The lowest BCUT2D eigenvalue weighted by molar-refractivity contribution is -0.386. The molecule has 0 spiro atoms. The molecule has 0 fully saturated rings. The number of aryl methyl sites for hydroxylation is 1. The Morgan fingerprint density at radius 3 is 2.47 bits per heavy atom. The first-order chi connectivity index (χ1) is 18.0. The van der Waals surface area contributed by atoms with E-state index in [-0.39, 0.29) is 41.5 Å². The number of alkyl halides is 3. The van der Waals surface area contributed by atoms with Gasteiger partial charge in [0.1, 0.15) is 11.4 Å². The Kier molecular flexibility index (Phi) is 6.05. The highest BCUT2D eigenvalue weighted by molar-refractivity contribution is 5.93. The zero-order chi connectivity index (χ0) is 27.2. The van der Waals surface area contributed by atoms with E-state index in [1.807, 2.05) is 24.3 Å². The predicted molar refractivity (Wildman–Crippen MR) is 132 cm³/mol. The van der Waals surface area contributed by atoms with Crippen molar-refractivity contribution in [1.82, 2.24) is 29.7 Å². The summed E-state index contributed by atoms with van der Waals surface area (Å²) in [4.78, 5) is 27.7. The first-order valence-electron chi connectivity index (χ1n) is 11.5. The van der Waals surface area contributed by atoms with Gasteiger partial charge in [-0.05, 0) is 36.8 Å². The fourth-order valence-corrected chi connectivity index (χ4v) is 4.32. The van der Waals surface area contributed by atoms with E-state index >= 15 is 0 Å². The van der Waals surface area contributed by atoms with Crippen LogP contribution >= 0.6 is 0 Å². The van der Waals surface area contributed by atoms with E-state index in [1.165, 1.54) is 17.7 Å². The number of aromatic nitrogens is 5. The van der Waals surface area contributed by atoms with Crippen LogP contribution < -0.4 is 5.32 Å². The van der Waals surface area contributed by atoms with Gasteiger partial charge < -0.3 is 5.32 Å². The number of nitrogens with zero attached hydrogens (tertiary/aromatic N) is 6. The topological polar surface area (TPSA) is 120 Å². The number of benzene rings is 2. The van der Waals surface area contributed by atoms with Crippen molar-refractivity contribution >= 4 is 28.0 Å². The van der Waals surface area contributed by atoms with E-state index < -0.39 is 22.7 Å². The van der Waals surface area contributed by atoms with Crippen LogP contribution in [0.3, 0.4) is 0 Å². The number of nitrogens with one attached hydrogen (secondary N) is 1. The third-order valence-corrected chi connectivity index (χ3v) is 6.13. The largest absolute Gasteiger partial charge is 0.433 e. The maximum atomic E-state index is 13.9. The number of hydrogen-bond acceptors (Lipinski definition) is 6. The summed E-state index contributed by atoms with van der Waals surface area (Å²) in [6.07, 6.45) is -4.75. The number of carbonyl (C=O) groups is 1. The molecule has 5 aromatic rings. The number of halogens is 3. The van der Waals surface area contributed by atoms with Crippen LogP contribution in [0.1, 0.15) is 27.6 Å². The van der Waals surface area contributed by atoms with Crippen molar-refractivity contribution < 1.29 is 22.9 Å². The quantitative estimate of drug-likeness (QED) is 0.254. The Morgan fingerprint density at radius 2 is 1.79 bits per heavy atom. The molecule has 0 bridgehead atoms. The smallest absolute Gasteiger partial charge is 0.349 e. The van der Waals surface area contributed by atoms with Crippen LogP contribution in [0.5, 0.6) is 0 Å². The van der Waals surface area contributed by atoms with E-state index in [4.69, 9.17) is 0 Å². The van der Waals surface area contributed by atoms with Crippen molar-refractivity contribution in [1.29, 1.82) is 0 Å². The summed E-state index contributed by atoms with van der Waals surface area (Å²) in [7, 11) is 0. The molecule has 0 atom stereocenters. The molecular weight excluding hydrogens is 503 g/mol. The second-order valence-corrected chi connectivity index (χ2v) is 8.64. The summed E-state index contributed by atoms with van der Waals surface area (Å²) in [5, 5.41) is 23.5.